The fourth-order valence-corrected chi connectivity index (χ4v) is 1.97. The van der Waals surface area contributed by atoms with E-state index in [9.17, 15) is 0 Å². The first-order chi connectivity index (χ1) is 6.74. The smallest absolute Gasteiger partial charge is 0.0303 e. The average Bonchev–Trinajstić information content (AvgIpc) is 2.19. The van der Waals surface area contributed by atoms with Crippen LogP contribution in [-0.2, 0) is 0 Å². The number of hydrogen-bond acceptors (Lipinski definition) is 2. The Morgan fingerprint density at radius 3 is 2.21 bits per heavy atom. The predicted molar refractivity (Wildman–Crippen MR) is 64.4 cm³/mol. The van der Waals surface area contributed by atoms with Crippen LogP contribution in [0.2, 0.25) is 0 Å². The van der Waals surface area contributed by atoms with Gasteiger partial charge in [0.2, 0.25) is 0 Å². The van der Waals surface area contributed by atoms with Crippen LogP contribution in [0.25, 0.3) is 0 Å². The summed E-state index contributed by atoms with van der Waals surface area (Å²) < 4.78 is 0. The summed E-state index contributed by atoms with van der Waals surface area (Å²) in [5.74, 6) is 0. The Balaban J connectivity index is 4.09. The molecule has 0 fully saturated rings. The number of nitrogens with one attached hydrogen (secondary N) is 1. The molecule has 0 heterocycles. The van der Waals surface area contributed by atoms with E-state index in [0.29, 0.717) is 0 Å². The van der Waals surface area contributed by atoms with Crippen LogP contribution < -0.4 is 11.1 Å². The van der Waals surface area contributed by atoms with Crippen molar-refractivity contribution in [1.82, 2.24) is 5.32 Å². The van der Waals surface area contributed by atoms with E-state index < -0.39 is 0 Å². The Kier molecular flexibility index (Phi) is 7.81. The summed E-state index contributed by atoms with van der Waals surface area (Å²) in [6, 6.07) is 0. The zero-order chi connectivity index (χ0) is 10.9. The first-order valence-electron chi connectivity index (χ1n) is 5.80. The molecule has 0 spiro atoms. The van der Waals surface area contributed by atoms with Gasteiger partial charge in [0, 0.05) is 12.1 Å². The summed E-state index contributed by atoms with van der Waals surface area (Å²) in [6.07, 6.45) is 7.71. The van der Waals surface area contributed by atoms with E-state index in [4.69, 9.17) is 5.73 Å². The molecular weight excluding hydrogens is 172 g/mol. The van der Waals surface area contributed by atoms with Crippen molar-refractivity contribution < 1.29 is 0 Å². The molecule has 0 radical (unpaired) electrons. The van der Waals surface area contributed by atoms with Gasteiger partial charge in [-0.15, -0.1) is 6.58 Å². The second-order valence-electron chi connectivity index (χ2n) is 3.99. The lowest BCUT2D eigenvalue weighted by molar-refractivity contribution is 0.285. The van der Waals surface area contributed by atoms with Crippen LogP contribution in [0.4, 0.5) is 0 Å². The highest BCUT2D eigenvalue weighted by atomic mass is 15.0. The number of hydrogen-bond donors (Lipinski definition) is 2. The number of rotatable bonds is 9. The van der Waals surface area contributed by atoms with Gasteiger partial charge in [-0.3, -0.25) is 0 Å². The molecule has 0 amide bonds. The van der Waals surface area contributed by atoms with Gasteiger partial charge in [-0.05, 0) is 25.8 Å². The number of nitrogens with two attached hydrogens (primary N) is 1. The van der Waals surface area contributed by atoms with Crippen molar-refractivity contribution >= 4 is 0 Å². The minimum absolute atomic E-state index is 0.173. The van der Waals surface area contributed by atoms with E-state index >= 15 is 0 Å². The fourth-order valence-electron chi connectivity index (χ4n) is 1.97. The Bertz CT molecular complexity index is 137. The molecule has 0 bridgehead atoms. The van der Waals surface area contributed by atoms with Crippen LogP contribution in [0.15, 0.2) is 12.7 Å². The molecule has 0 saturated carbocycles. The molecule has 0 rings (SSSR count). The second-order valence-corrected chi connectivity index (χ2v) is 3.99. The normalized spacial score (nSPS) is 11.6. The molecule has 0 aromatic rings. The van der Waals surface area contributed by atoms with Crippen LogP contribution in [0.3, 0.4) is 0 Å². The van der Waals surface area contributed by atoms with E-state index in [-0.39, 0.29) is 5.54 Å². The van der Waals surface area contributed by atoms with Gasteiger partial charge >= 0.3 is 0 Å². The second kappa shape index (κ2) is 8.01. The molecule has 3 N–H and O–H groups in total. The highest BCUT2D eigenvalue weighted by Gasteiger charge is 2.24. The van der Waals surface area contributed by atoms with Gasteiger partial charge in [0.05, 0.1) is 0 Å². The molecule has 0 aromatic heterocycles. The van der Waals surface area contributed by atoms with Gasteiger partial charge < -0.3 is 11.1 Å². The van der Waals surface area contributed by atoms with Crippen molar-refractivity contribution in [2.45, 2.75) is 51.5 Å². The maximum atomic E-state index is 5.87. The molecule has 0 aliphatic heterocycles. The molecular formula is C12H26N2. The lowest BCUT2D eigenvalue weighted by atomic mass is 9.88. The Morgan fingerprint density at radius 2 is 1.86 bits per heavy atom. The summed E-state index contributed by atoms with van der Waals surface area (Å²) in [5.41, 5.74) is 6.05. The average molecular weight is 198 g/mol. The third kappa shape index (κ3) is 4.77. The SMILES string of the molecule is C=CCCNC(CN)(CCC)CCC. The minimum Gasteiger partial charge on any atom is -0.329 e. The topological polar surface area (TPSA) is 38.0 Å². The van der Waals surface area contributed by atoms with Crippen molar-refractivity contribution in [3.63, 3.8) is 0 Å². The largest absolute Gasteiger partial charge is 0.329 e. The highest BCUT2D eigenvalue weighted by Crippen LogP contribution is 2.18. The lowest BCUT2D eigenvalue weighted by Crippen LogP contribution is -2.51. The molecule has 0 unspecified atom stereocenters. The molecule has 2 nitrogen and oxygen atoms in total. The summed E-state index contributed by atoms with van der Waals surface area (Å²) >= 11 is 0. The van der Waals surface area contributed by atoms with Crippen LogP contribution >= 0.6 is 0 Å². The third-order valence-electron chi connectivity index (χ3n) is 2.70. The van der Waals surface area contributed by atoms with Gasteiger partial charge in [-0.25, -0.2) is 0 Å². The Hall–Kier alpha value is -0.340. The molecule has 0 aliphatic rings. The molecule has 14 heavy (non-hydrogen) atoms. The van der Waals surface area contributed by atoms with Crippen molar-refractivity contribution in [3.8, 4) is 0 Å². The Labute approximate surface area is 89.0 Å². The molecule has 0 aromatic carbocycles. The maximum Gasteiger partial charge on any atom is 0.0303 e. The molecule has 84 valence electrons. The maximum absolute atomic E-state index is 5.87. The highest BCUT2D eigenvalue weighted by molar-refractivity contribution is 4.89. The van der Waals surface area contributed by atoms with Gasteiger partial charge in [0.25, 0.3) is 0 Å². The van der Waals surface area contributed by atoms with E-state index in [1.807, 2.05) is 6.08 Å². The van der Waals surface area contributed by atoms with Gasteiger partial charge in [-0.1, -0.05) is 32.8 Å². The van der Waals surface area contributed by atoms with Crippen LogP contribution in [0.5, 0.6) is 0 Å². The fraction of sp³-hybridized carbons (Fsp3) is 0.833. The van der Waals surface area contributed by atoms with E-state index in [0.717, 1.165) is 19.5 Å². The monoisotopic (exact) mass is 198 g/mol. The quantitative estimate of drug-likeness (QED) is 0.441. The van der Waals surface area contributed by atoms with Gasteiger partial charge in [-0.2, -0.15) is 0 Å². The van der Waals surface area contributed by atoms with E-state index in [1.165, 1.54) is 25.7 Å². The summed E-state index contributed by atoms with van der Waals surface area (Å²) in [7, 11) is 0. The third-order valence-corrected chi connectivity index (χ3v) is 2.70. The first-order valence-corrected chi connectivity index (χ1v) is 5.80. The Morgan fingerprint density at radius 1 is 1.29 bits per heavy atom. The zero-order valence-corrected chi connectivity index (χ0v) is 9.81. The summed E-state index contributed by atoms with van der Waals surface area (Å²) in [4.78, 5) is 0. The lowest BCUT2D eigenvalue weighted by Gasteiger charge is -2.33. The standard InChI is InChI=1S/C12H26N2/c1-4-7-10-14-12(11-13,8-5-2)9-6-3/h4,14H,1,5-11,13H2,2-3H3. The van der Waals surface area contributed by atoms with E-state index in [1.54, 1.807) is 0 Å². The molecule has 0 aliphatic carbocycles. The molecule has 0 saturated heterocycles. The van der Waals surface area contributed by atoms with Crippen molar-refractivity contribution in [1.29, 1.82) is 0 Å². The first kappa shape index (κ1) is 13.7. The van der Waals surface area contributed by atoms with Crippen molar-refractivity contribution in [3.05, 3.63) is 12.7 Å². The molecule has 2 heteroatoms. The van der Waals surface area contributed by atoms with Crippen LogP contribution in [-0.4, -0.2) is 18.6 Å². The van der Waals surface area contributed by atoms with Crippen molar-refractivity contribution in [2.24, 2.45) is 5.73 Å². The predicted octanol–water partition coefficient (Wildman–Crippen LogP) is 2.45. The summed E-state index contributed by atoms with van der Waals surface area (Å²) in [6.45, 7) is 9.90. The van der Waals surface area contributed by atoms with Gasteiger partial charge in [0.1, 0.15) is 0 Å². The van der Waals surface area contributed by atoms with Crippen molar-refractivity contribution in [2.75, 3.05) is 13.1 Å². The van der Waals surface area contributed by atoms with E-state index in [2.05, 4.69) is 25.7 Å². The van der Waals surface area contributed by atoms with Gasteiger partial charge in [0.15, 0.2) is 0 Å². The minimum atomic E-state index is 0.173. The summed E-state index contributed by atoms with van der Waals surface area (Å²) in [5, 5.41) is 3.59. The molecule has 0 atom stereocenters. The van der Waals surface area contributed by atoms with Crippen LogP contribution in [0, 0.1) is 0 Å². The zero-order valence-electron chi connectivity index (χ0n) is 9.81. The van der Waals surface area contributed by atoms with Crippen LogP contribution in [0.1, 0.15) is 46.0 Å².